The van der Waals surface area contributed by atoms with Crippen LogP contribution >= 0.6 is 0 Å². The average molecular weight is 343 g/mol. The van der Waals surface area contributed by atoms with Crippen LogP contribution in [0.4, 0.5) is 5.69 Å². The first kappa shape index (κ1) is 15.9. The quantitative estimate of drug-likeness (QED) is 0.754. The molecule has 1 amide bonds. The number of amides is 1. The minimum absolute atomic E-state index is 0.0340. The Balaban J connectivity index is 1.75. The number of hydrogen-bond acceptors (Lipinski definition) is 5. The summed E-state index contributed by atoms with van der Waals surface area (Å²) in [5.74, 6) is 0.00890. The maximum absolute atomic E-state index is 12.2. The monoisotopic (exact) mass is 343 g/mol. The first-order chi connectivity index (χ1) is 11.4. The number of benzene rings is 2. The van der Waals surface area contributed by atoms with Crippen molar-refractivity contribution in [1.82, 2.24) is 5.16 Å². The molecule has 0 spiro atoms. The molecule has 0 unspecified atom stereocenters. The predicted molar refractivity (Wildman–Crippen MR) is 87.7 cm³/mol. The highest BCUT2D eigenvalue weighted by molar-refractivity contribution is 7.89. The smallest absolute Gasteiger partial charge is 0.277 e. The van der Waals surface area contributed by atoms with Gasteiger partial charge in [-0.3, -0.25) is 4.79 Å². The minimum Gasteiger partial charge on any atom is -0.355 e. The Morgan fingerprint density at radius 3 is 2.33 bits per heavy atom. The second-order valence-electron chi connectivity index (χ2n) is 4.97. The number of nitrogens with zero attached hydrogens (tertiary/aromatic N) is 1. The van der Waals surface area contributed by atoms with Crippen LogP contribution in [0.25, 0.3) is 11.3 Å². The van der Waals surface area contributed by atoms with E-state index >= 15 is 0 Å². The van der Waals surface area contributed by atoms with Crippen molar-refractivity contribution in [3.8, 4) is 11.3 Å². The molecule has 3 aromatic rings. The topological polar surface area (TPSA) is 115 Å². The molecule has 1 heterocycles. The van der Waals surface area contributed by atoms with Crippen LogP contribution in [0.2, 0.25) is 0 Å². The Kier molecular flexibility index (Phi) is 4.15. The van der Waals surface area contributed by atoms with Gasteiger partial charge in [0.05, 0.1) is 4.90 Å². The summed E-state index contributed by atoms with van der Waals surface area (Å²) >= 11 is 0. The maximum atomic E-state index is 12.2. The largest absolute Gasteiger partial charge is 0.355 e. The summed E-state index contributed by atoms with van der Waals surface area (Å²) in [5.41, 5.74) is 1.34. The Morgan fingerprint density at radius 2 is 1.71 bits per heavy atom. The number of hydrogen-bond donors (Lipinski definition) is 2. The van der Waals surface area contributed by atoms with Crippen LogP contribution in [0.3, 0.4) is 0 Å². The molecule has 0 saturated heterocycles. The number of carbonyl (C=O) groups excluding carboxylic acids is 1. The second kappa shape index (κ2) is 6.26. The summed E-state index contributed by atoms with van der Waals surface area (Å²) in [6.07, 6.45) is 0. The van der Waals surface area contributed by atoms with E-state index in [0.29, 0.717) is 11.4 Å². The lowest BCUT2D eigenvalue weighted by molar-refractivity contribution is 0.101. The van der Waals surface area contributed by atoms with E-state index in [9.17, 15) is 13.2 Å². The Morgan fingerprint density at radius 1 is 1.04 bits per heavy atom. The third kappa shape index (κ3) is 3.50. The zero-order valence-electron chi connectivity index (χ0n) is 12.3. The maximum Gasteiger partial charge on any atom is 0.277 e. The van der Waals surface area contributed by atoms with E-state index in [1.807, 2.05) is 30.3 Å². The normalized spacial score (nSPS) is 11.2. The Bertz CT molecular complexity index is 964. The molecule has 7 nitrogen and oxygen atoms in total. The average Bonchev–Trinajstić information content (AvgIpc) is 3.05. The molecule has 2 aromatic carbocycles. The molecule has 0 aliphatic heterocycles. The molecule has 8 heteroatoms. The lowest BCUT2D eigenvalue weighted by atomic mass is 10.1. The fraction of sp³-hybridized carbons (Fsp3) is 0. The minimum atomic E-state index is -3.77. The van der Waals surface area contributed by atoms with Gasteiger partial charge in [-0.2, -0.15) is 0 Å². The first-order valence-corrected chi connectivity index (χ1v) is 8.44. The molecule has 0 saturated carbocycles. The van der Waals surface area contributed by atoms with Crippen LogP contribution in [0.1, 0.15) is 10.5 Å². The molecule has 0 fully saturated rings. The number of rotatable bonds is 4. The van der Waals surface area contributed by atoms with E-state index in [2.05, 4.69) is 10.5 Å². The molecule has 0 radical (unpaired) electrons. The van der Waals surface area contributed by atoms with Crippen LogP contribution in [0, 0.1) is 0 Å². The van der Waals surface area contributed by atoms with Crippen molar-refractivity contribution in [2.45, 2.75) is 4.90 Å². The van der Waals surface area contributed by atoms with E-state index in [1.165, 1.54) is 30.3 Å². The highest BCUT2D eigenvalue weighted by Crippen LogP contribution is 2.20. The number of primary sulfonamides is 1. The number of sulfonamides is 1. The molecule has 0 aliphatic carbocycles. The van der Waals surface area contributed by atoms with Crippen molar-refractivity contribution in [3.63, 3.8) is 0 Å². The summed E-state index contributed by atoms with van der Waals surface area (Å²) in [7, 11) is -3.77. The lowest BCUT2D eigenvalue weighted by Gasteiger charge is -2.03. The van der Waals surface area contributed by atoms with Gasteiger partial charge < -0.3 is 9.84 Å². The first-order valence-electron chi connectivity index (χ1n) is 6.90. The highest BCUT2D eigenvalue weighted by Gasteiger charge is 2.14. The van der Waals surface area contributed by atoms with E-state index in [4.69, 9.17) is 9.66 Å². The second-order valence-corrected chi connectivity index (χ2v) is 6.53. The summed E-state index contributed by atoms with van der Waals surface area (Å²) in [5, 5.41) is 11.4. The lowest BCUT2D eigenvalue weighted by Crippen LogP contribution is -2.14. The standard InChI is InChI=1S/C16H13N3O4S/c17-24(21,22)13-8-6-12(7-9-13)18-16(20)14-10-15(23-19-14)11-4-2-1-3-5-11/h1-10H,(H,18,20)(H2,17,21,22). The van der Waals surface area contributed by atoms with Gasteiger partial charge in [0.2, 0.25) is 10.0 Å². The third-order valence-corrected chi connectivity index (χ3v) is 4.17. The van der Waals surface area contributed by atoms with Gasteiger partial charge in [0.15, 0.2) is 11.5 Å². The van der Waals surface area contributed by atoms with Crippen LogP contribution in [-0.4, -0.2) is 19.5 Å². The molecule has 0 atom stereocenters. The number of anilines is 1. The van der Waals surface area contributed by atoms with Gasteiger partial charge in [0.1, 0.15) is 0 Å². The van der Waals surface area contributed by atoms with Crippen LogP contribution < -0.4 is 10.5 Å². The van der Waals surface area contributed by atoms with E-state index < -0.39 is 15.9 Å². The van der Waals surface area contributed by atoms with E-state index in [0.717, 1.165) is 5.56 Å². The third-order valence-electron chi connectivity index (χ3n) is 3.24. The zero-order chi connectivity index (χ0) is 17.2. The van der Waals surface area contributed by atoms with E-state index in [1.54, 1.807) is 0 Å². The molecule has 1 aromatic heterocycles. The molecular formula is C16H13N3O4S. The fourth-order valence-electron chi connectivity index (χ4n) is 2.04. The predicted octanol–water partition coefficient (Wildman–Crippen LogP) is 2.24. The van der Waals surface area contributed by atoms with Crippen LogP contribution in [0.15, 0.2) is 70.1 Å². The summed E-state index contributed by atoms with van der Waals surface area (Å²) < 4.78 is 27.6. The molecular weight excluding hydrogens is 330 g/mol. The SMILES string of the molecule is NS(=O)(=O)c1ccc(NC(=O)c2cc(-c3ccccc3)on2)cc1. The van der Waals surface area contributed by atoms with Gasteiger partial charge in [-0.1, -0.05) is 35.5 Å². The molecule has 3 N–H and O–H groups in total. The number of nitrogens with one attached hydrogen (secondary N) is 1. The van der Waals surface area contributed by atoms with Crippen LogP contribution in [-0.2, 0) is 10.0 Å². The van der Waals surface area contributed by atoms with Gasteiger partial charge in [0, 0.05) is 17.3 Å². The van der Waals surface area contributed by atoms with Gasteiger partial charge in [-0.15, -0.1) is 0 Å². The van der Waals surface area contributed by atoms with Gasteiger partial charge >= 0.3 is 0 Å². The Hall–Kier alpha value is -2.97. The van der Waals surface area contributed by atoms with Crippen molar-refractivity contribution in [3.05, 3.63) is 66.4 Å². The van der Waals surface area contributed by atoms with Crippen molar-refractivity contribution in [2.75, 3.05) is 5.32 Å². The number of aromatic nitrogens is 1. The molecule has 0 bridgehead atoms. The zero-order valence-corrected chi connectivity index (χ0v) is 13.2. The molecule has 3 rings (SSSR count). The van der Waals surface area contributed by atoms with Gasteiger partial charge in [0.25, 0.3) is 5.91 Å². The number of carbonyl (C=O) groups is 1. The molecule has 0 aliphatic rings. The van der Waals surface area contributed by atoms with Crippen molar-refractivity contribution >= 4 is 21.6 Å². The van der Waals surface area contributed by atoms with Crippen LogP contribution in [0.5, 0.6) is 0 Å². The summed E-state index contributed by atoms with van der Waals surface area (Å²) in [4.78, 5) is 12.1. The molecule has 24 heavy (non-hydrogen) atoms. The Labute approximate surface area is 138 Å². The molecule has 122 valence electrons. The van der Waals surface area contributed by atoms with Crippen molar-refractivity contribution in [1.29, 1.82) is 0 Å². The van der Waals surface area contributed by atoms with E-state index in [-0.39, 0.29) is 10.6 Å². The van der Waals surface area contributed by atoms with Crippen molar-refractivity contribution in [2.24, 2.45) is 5.14 Å². The highest BCUT2D eigenvalue weighted by atomic mass is 32.2. The fourth-order valence-corrected chi connectivity index (χ4v) is 2.56. The number of nitrogens with two attached hydrogens (primary N) is 1. The summed E-state index contributed by atoms with van der Waals surface area (Å²) in [6, 6.07) is 16.3. The van der Waals surface area contributed by atoms with Gasteiger partial charge in [-0.05, 0) is 24.3 Å². The summed E-state index contributed by atoms with van der Waals surface area (Å²) in [6.45, 7) is 0. The van der Waals surface area contributed by atoms with Gasteiger partial charge in [-0.25, -0.2) is 13.6 Å². The van der Waals surface area contributed by atoms with Crippen molar-refractivity contribution < 1.29 is 17.7 Å².